The summed E-state index contributed by atoms with van der Waals surface area (Å²) in [5, 5.41) is 3.81. The minimum atomic E-state index is 0.455. The molecule has 2 rings (SSSR count). The van der Waals surface area contributed by atoms with Gasteiger partial charge >= 0.3 is 0 Å². The molecule has 3 atom stereocenters. The molecule has 1 saturated heterocycles. The highest BCUT2D eigenvalue weighted by Gasteiger charge is 2.41. The predicted octanol–water partition coefficient (Wildman–Crippen LogP) is 3.67. The fraction of sp³-hybridized carbons (Fsp3) is 1.00. The van der Waals surface area contributed by atoms with Gasteiger partial charge in [0.1, 0.15) is 0 Å². The molecule has 1 heterocycles. The van der Waals surface area contributed by atoms with Gasteiger partial charge in [0.25, 0.3) is 0 Å². The van der Waals surface area contributed by atoms with Crippen LogP contribution in [0.5, 0.6) is 0 Å². The van der Waals surface area contributed by atoms with Crippen LogP contribution in [0, 0.1) is 11.3 Å². The van der Waals surface area contributed by atoms with Gasteiger partial charge in [-0.2, -0.15) is 0 Å². The van der Waals surface area contributed by atoms with Crippen LogP contribution in [0.2, 0.25) is 0 Å². The van der Waals surface area contributed by atoms with Crippen molar-refractivity contribution in [2.24, 2.45) is 11.3 Å². The van der Waals surface area contributed by atoms with Crippen LogP contribution >= 0.6 is 0 Å². The Kier molecular flexibility index (Phi) is 5.30. The zero-order valence-corrected chi connectivity index (χ0v) is 13.5. The molecule has 2 nitrogen and oxygen atoms in total. The van der Waals surface area contributed by atoms with E-state index in [1.807, 2.05) is 0 Å². The third-order valence-electron chi connectivity index (χ3n) is 5.49. The van der Waals surface area contributed by atoms with Gasteiger partial charge in [0.05, 0.1) is 0 Å². The highest BCUT2D eigenvalue weighted by atomic mass is 15.2. The Balaban J connectivity index is 2.06. The van der Waals surface area contributed by atoms with Crippen LogP contribution in [0.1, 0.15) is 66.2 Å². The summed E-state index contributed by atoms with van der Waals surface area (Å²) in [6.45, 7) is 13.4. The molecule has 0 aromatic rings. The summed E-state index contributed by atoms with van der Waals surface area (Å²) in [4.78, 5) is 2.82. The topological polar surface area (TPSA) is 15.3 Å². The molecular weight excluding hydrogens is 232 g/mol. The van der Waals surface area contributed by atoms with Crippen molar-refractivity contribution in [2.75, 3.05) is 19.6 Å². The molecule has 0 radical (unpaired) electrons. The highest BCUT2D eigenvalue weighted by Crippen LogP contribution is 2.38. The van der Waals surface area contributed by atoms with E-state index in [1.165, 1.54) is 51.6 Å². The van der Waals surface area contributed by atoms with Crippen molar-refractivity contribution >= 4 is 0 Å². The molecule has 0 amide bonds. The summed E-state index contributed by atoms with van der Waals surface area (Å²) in [6, 6.07) is 1.45. The van der Waals surface area contributed by atoms with Crippen LogP contribution in [0.4, 0.5) is 0 Å². The van der Waals surface area contributed by atoms with Gasteiger partial charge in [-0.15, -0.1) is 0 Å². The fourth-order valence-corrected chi connectivity index (χ4v) is 4.25. The fourth-order valence-electron chi connectivity index (χ4n) is 4.25. The van der Waals surface area contributed by atoms with Crippen molar-refractivity contribution < 1.29 is 0 Å². The standard InChI is InChI=1S/C17H34N2/c1-5-18-16-15(9-6-11-17(16,3)4)19-12-7-8-14(2)10-13-19/h14-16,18H,5-13H2,1-4H3. The first kappa shape index (κ1) is 15.3. The van der Waals surface area contributed by atoms with E-state index in [0.29, 0.717) is 11.5 Å². The molecule has 0 aromatic carbocycles. The van der Waals surface area contributed by atoms with E-state index in [-0.39, 0.29) is 0 Å². The van der Waals surface area contributed by atoms with Gasteiger partial charge in [0.2, 0.25) is 0 Å². The second-order valence-electron chi connectivity index (χ2n) is 7.56. The van der Waals surface area contributed by atoms with Crippen LogP contribution in [0.15, 0.2) is 0 Å². The SMILES string of the molecule is CCNC1C(N2CCCC(C)CC2)CCCC1(C)C. The van der Waals surface area contributed by atoms with Crippen LogP contribution in [0.3, 0.4) is 0 Å². The summed E-state index contributed by atoms with van der Waals surface area (Å²) in [5.74, 6) is 0.930. The molecule has 2 heteroatoms. The van der Waals surface area contributed by atoms with Gasteiger partial charge in [-0.05, 0) is 63.1 Å². The van der Waals surface area contributed by atoms with Crippen molar-refractivity contribution in [3.8, 4) is 0 Å². The predicted molar refractivity (Wildman–Crippen MR) is 83.5 cm³/mol. The number of likely N-dealkylation sites (N-methyl/N-ethyl adjacent to an activating group) is 1. The Bertz CT molecular complexity index is 274. The smallest absolute Gasteiger partial charge is 0.0274 e. The summed E-state index contributed by atoms with van der Waals surface area (Å²) in [5.41, 5.74) is 0.455. The zero-order chi connectivity index (χ0) is 13.9. The molecule has 1 aliphatic carbocycles. The van der Waals surface area contributed by atoms with E-state index < -0.39 is 0 Å². The first-order chi connectivity index (χ1) is 9.04. The molecule has 0 bridgehead atoms. The monoisotopic (exact) mass is 266 g/mol. The third-order valence-corrected chi connectivity index (χ3v) is 5.49. The lowest BCUT2D eigenvalue weighted by Crippen LogP contribution is -2.59. The maximum atomic E-state index is 3.81. The van der Waals surface area contributed by atoms with Gasteiger partial charge < -0.3 is 5.32 Å². The summed E-state index contributed by atoms with van der Waals surface area (Å²) < 4.78 is 0. The molecule has 2 fully saturated rings. The lowest BCUT2D eigenvalue weighted by atomic mass is 9.70. The van der Waals surface area contributed by atoms with Gasteiger partial charge in [0, 0.05) is 12.1 Å². The average Bonchev–Trinajstić information content (AvgIpc) is 2.57. The van der Waals surface area contributed by atoms with Crippen LogP contribution in [-0.4, -0.2) is 36.6 Å². The molecule has 112 valence electrons. The van der Waals surface area contributed by atoms with Crippen LogP contribution < -0.4 is 5.32 Å². The van der Waals surface area contributed by atoms with Crippen LogP contribution in [0.25, 0.3) is 0 Å². The summed E-state index contributed by atoms with van der Waals surface area (Å²) in [7, 11) is 0. The van der Waals surface area contributed by atoms with Crippen molar-refractivity contribution in [1.82, 2.24) is 10.2 Å². The minimum absolute atomic E-state index is 0.455. The summed E-state index contributed by atoms with van der Waals surface area (Å²) >= 11 is 0. The Morgan fingerprint density at radius 2 is 1.89 bits per heavy atom. The molecule has 2 aliphatic rings. The first-order valence-electron chi connectivity index (χ1n) is 8.52. The second-order valence-corrected chi connectivity index (χ2v) is 7.56. The Morgan fingerprint density at radius 3 is 2.63 bits per heavy atom. The van der Waals surface area contributed by atoms with Crippen molar-refractivity contribution in [2.45, 2.75) is 78.3 Å². The minimum Gasteiger partial charge on any atom is -0.312 e. The van der Waals surface area contributed by atoms with E-state index in [0.717, 1.165) is 18.5 Å². The highest BCUT2D eigenvalue weighted by molar-refractivity contribution is 4.98. The molecule has 19 heavy (non-hydrogen) atoms. The third kappa shape index (κ3) is 3.72. The van der Waals surface area contributed by atoms with Gasteiger partial charge in [0.15, 0.2) is 0 Å². The quantitative estimate of drug-likeness (QED) is 0.838. The molecule has 0 aromatic heterocycles. The Morgan fingerprint density at radius 1 is 1.11 bits per heavy atom. The van der Waals surface area contributed by atoms with Crippen LogP contribution in [-0.2, 0) is 0 Å². The van der Waals surface area contributed by atoms with E-state index in [1.54, 1.807) is 0 Å². The van der Waals surface area contributed by atoms with Gasteiger partial charge in [-0.1, -0.05) is 34.1 Å². The van der Waals surface area contributed by atoms with Gasteiger partial charge in [-0.25, -0.2) is 0 Å². The maximum absolute atomic E-state index is 3.81. The lowest BCUT2D eigenvalue weighted by Gasteiger charge is -2.48. The second kappa shape index (κ2) is 6.58. The Hall–Kier alpha value is -0.0800. The number of nitrogens with zero attached hydrogens (tertiary/aromatic N) is 1. The van der Waals surface area contributed by atoms with Gasteiger partial charge in [-0.3, -0.25) is 4.90 Å². The number of hydrogen-bond acceptors (Lipinski definition) is 2. The first-order valence-corrected chi connectivity index (χ1v) is 8.52. The van der Waals surface area contributed by atoms with E-state index in [4.69, 9.17) is 0 Å². The lowest BCUT2D eigenvalue weighted by molar-refractivity contribution is 0.0504. The van der Waals surface area contributed by atoms with E-state index in [2.05, 4.69) is 37.9 Å². The Labute approximate surface area is 120 Å². The number of hydrogen-bond donors (Lipinski definition) is 1. The molecular formula is C17H34N2. The molecule has 0 spiro atoms. The van der Waals surface area contributed by atoms with Crippen molar-refractivity contribution in [3.63, 3.8) is 0 Å². The largest absolute Gasteiger partial charge is 0.312 e. The molecule has 1 saturated carbocycles. The summed E-state index contributed by atoms with van der Waals surface area (Å²) in [6.07, 6.45) is 8.41. The average molecular weight is 266 g/mol. The van der Waals surface area contributed by atoms with Crippen molar-refractivity contribution in [1.29, 1.82) is 0 Å². The van der Waals surface area contributed by atoms with Crippen molar-refractivity contribution in [3.05, 3.63) is 0 Å². The van der Waals surface area contributed by atoms with E-state index >= 15 is 0 Å². The van der Waals surface area contributed by atoms with E-state index in [9.17, 15) is 0 Å². The number of likely N-dealkylation sites (tertiary alicyclic amines) is 1. The number of nitrogens with one attached hydrogen (secondary N) is 1. The normalized spacial score (nSPS) is 36.9. The maximum Gasteiger partial charge on any atom is 0.0274 e. The molecule has 1 aliphatic heterocycles. The molecule has 1 N–H and O–H groups in total. The molecule has 3 unspecified atom stereocenters. The number of rotatable bonds is 3. The zero-order valence-electron chi connectivity index (χ0n) is 13.5.